The van der Waals surface area contributed by atoms with Crippen LogP contribution in [0, 0.1) is 6.92 Å². The Morgan fingerprint density at radius 1 is 1.56 bits per heavy atom. The summed E-state index contributed by atoms with van der Waals surface area (Å²) in [4.78, 5) is 29.1. The van der Waals surface area contributed by atoms with Gasteiger partial charge in [0.15, 0.2) is 0 Å². The summed E-state index contributed by atoms with van der Waals surface area (Å²) >= 11 is 1.36. The Morgan fingerprint density at radius 2 is 2.38 bits per heavy atom. The first-order chi connectivity index (χ1) is 7.65. The van der Waals surface area contributed by atoms with Gasteiger partial charge in [-0.15, -0.1) is 11.3 Å². The highest BCUT2D eigenvalue weighted by molar-refractivity contribution is 7.12. The van der Waals surface area contributed by atoms with Gasteiger partial charge in [-0.25, -0.2) is 9.78 Å². The molecule has 1 amide bonds. The van der Waals surface area contributed by atoms with Crippen molar-refractivity contribution in [3.05, 3.63) is 44.6 Å². The number of thiophene rings is 1. The minimum absolute atomic E-state index is 0.236. The fourth-order valence-electron chi connectivity index (χ4n) is 1.18. The highest BCUT2D eigenvalue weighted by Gasteiger charge is 2.08. The minimum atomic E-state index is -0.486. The van der Waals surface area contributed by atoms with Crippen LogP contribution in [0.2, 0.25) is 0 Å². The van der Waals surface area contributed by atoms with Gasteiger partial charge in [-0.1, -0.05) is 0 Å². The number of aromatic amines is 1. The molecule has 0 aliphatic rings. The molecule has 2 aromatic rings. The summed E-state index contributed by atoms with van der Waals surface area (Å²) in [5, 5.41) is 4.48. The van der Waals surface area contributed by atoms with Crippen molar-refractivity contribution < 1.29 is 4.79 Å². The molecule has 2 rings (SSSR count). The third kappa shape index (κ3) is 2.34. The largest absolute Gasteiger partial charge is 0.346 e. The van der Waals surface area contributed by atoms with E-state index in [9.17, 15) is 9.59 Å². The van der Waals surface area contributed by atoms with Gasteiger partial charge >= 0.3 is 5.69 Å². The second-order valence-corrected chi connectivity index (χ2v) is 4.14. The quantitative estimate of drug-likeness (QED) is 0.826. The number of aryl methyl sites for hydroxylation is 1. The van der Waals surface area contributed by atoms with Crippen molar-refractivity contribution in [1.82, 2.24) is 9.97 Å². The summed E-state index contributed by atoms with van der Waals surface area (Å²) < 4.78 is 0. The number of amides is 1. The van der Waals surface area contributed by atoms with Gasteiger partial charge < -0.3 is 5.32 Å². The lowest BCUT2D eigenvalue weighted by atomic mass is 10.3. The van der Waals surface area contributed by atoms with Crippen LogP contribution >= 0.6 is 11.3 Å². The van der Waals surface area contributed by atoms with Crippen LogP contribution in [0.15, 0.2) is 28.5 Å². The molecule has 0 radical (unpaired) electrons. The van der Waals surface area contributed by atoms with Gasteiger partial charge in [-0.3, -0.25) is 9.78 Å². The Labute approximate surface area is 95.2 Å². The molecule has 16 heavy (non-hydrogen) atoms. The number of carbonyl (C=O) groups excluding carboxylic acids is 1. The molecule has 6 heteroatoms. The molecule has 2 heterocycles. The first-order valence-electron chi connectivity index (χ1n) is 4.57. The van der Waals surface area contributed by atoms with E-state index >= 15 is 0 Å². The second kappa shape index (κ2) is 4.28. The maximum atomic E-state index is 11.7. The Morgan fingerprint density at radius 3 is 3.00 bits per heavy atom. The van der Waals surface area contributed by atoms with E-state index in [2.05, 4.69) is 15.3 Å². The standard InChI is InChI=1S/C10H9N3O2S/c1-6-4-7(16-5-6)9(14)12-8-2-3-11-10(15)13-8/h2-5H,1H3,(H2,11,12,13,14,15). The van der Waals surface area contributed by atoms with E-state index in [-0.39, 0.29) is 5.91 Å². The van der Waals surface area contributed by atoms with E-state index in [1.54, 1.807) is 6.07 Å². The summed E-state index contributed by atoms with van der Waals surface area (Å²) in [5.41, 5.74) is 0.554. The van der Waals surface area contributed by atoms with E-state index in [0.29, 0.717) is 10.7 Å². The average molecular weight is 235 g/mol. The monoisotopic (exact) mass is 235 g/mol. The van der Waals surface area contributed by atoms with Gasteiger partial charge in [0.05, 0.1) is 4.88 Å². The number of anilines is 1. The number of aromatic nitrogens is 2. The maximum absolute atomic E-state index is 11.7. The van der Waals surface area contributed by atoms with Crippen LogP contribution in [0.5, 0.6) is 0 Å². The van der Waals surface area contributed by atoms with Gasteiger partial charge in [0, 0.05) is 6.20 Å². The van der Waals surface area contributed by atoms with Crippen LogP contribution in [0.1, 0.15) is 15.2 Å². The lowest BCUT2D eigenvalue weighted by Gasteiger charge is -2.01. The number of hydrogen-bond acceptors (Lipinski definition) is 4. The van der Waals surface area contributed by atoms with Crippen LogP contribution < -0.4 is 11.0 Å². The maximum Gasteiger partial charge on any atom is 0.346 e. The van der Waals surface area contributed by atoms with E-state index in [0.717, 1.165) is 5.56 Å². The lowest BCUT2D eigenvalue weighted by molar-refractivity contribution is 0.103. The minimum Gasteiger partial charge on any atom is -0.307 e. The fraction of sp³-hybridized carbons (Fsp3) is 0.100. The zero-order valence-electron chi connectivity index (χ0n) is 8.48. The molecule has 0 aromatic carbocycles. The first kappa shape index (κ1) is 10.6. The molecular formula is C10H9N3O2S. The van der Waals surface area contributed by atoms with Crippen molar-refractivity contribution >= 4 is 23.1 Å². The van der Waals surface area contributed by atoms with Crippen LogP contribution in [0.4, 0.5) is 5.82 Å². The molecule has 5 nitrogen and oxygen atoms in total. The molecular weight excluding hydrogens is 226 g/mol. The lowest BCUT2D eigenvalue weighted by Crippen LogP contribution is -2.16. The molecule has 0 saturated carbocycles. The molecule has 82 valence electrons. The van der Waals surface area contributed by atoms with E-state index in [4.69, 9.17) is 0 Å². The Balaban J connectivity index is 2.17. The Kier molecular flexibility index (Phi) is 2.82. The zero-order chi connectivity index (χ0) is 11.5. The summed E-state index contributed by atoms with van der Waals surface area (Å²) in [6.07, 6.45) is 1.34. The third-order valence-electron chi connectivity index (χ3n) is 1.88. The highest BCUT2D eigenvalue weighted by Crippen LogP contribution is 2.14. The molecule has 0 fully saturated rings. The predicted octanol–water partition coefficient (Wildman–Crippen LogP) is 1.39. The molecule has 0 aliphatic carbocycles. The van der Waals surface area contributed by atoms with Gasteiger partial charge in [-0.2, -0.15) is 0 Å². The molecule has 2 N–H and O–H groups in total. The number of carbonyl (C=O) groups is 1. The summed E-state index contributed by atoms with van der Waals surface area (Å²) in [7, 11) is 0. The van der Waals surface area contributed by atoms with E-state index in [1.165, 1.54) is 23.6 Å². The van der Waals surface area contributed by atoms with Crippen molar-refractivity contribution in [2.75, 3.05) is 5.32 Å². The molecule has 2 aromatic heterocycles. The summed E-state index contributed by atoms with van der Waals surface area (Å²) in [5.74, 6) is 0.107. The van der Waals surface area contributed by atoms with Gasteiger partial charge in [0.1, 0.15) is 5.82 Å². The number of rotatable bonds is 2. The van der Waals surface area contributed by atoms with Crippen molar-refractivity contribution in [2.24, 2.45) is 0 Å². The first-order valence-corrected chi connectivity index (χ1v) is 5.45. The number of nitrogens with one attached hydrogen (secondary N) is 2. The Bertz CT molecular complexity index is 573. The second-order valence-electron chi connectivity index (χ2n) is 3.23. The predicted molar refractivity (Wildman–Crippen MR) is 61.9 cm³/mol. The SMILES string of the molecule is Cc1csc(C(=O)Nc2ccnc(=O)[nH]2)c1. The van der Waals surface area contributed by atoms with Crippen molar-refractivity contribution in [3.8, 4) is 0 Å². The molecule has 0 bridgehead atoms. The fourth-order valence-corrected chi connectivity index (χ4v) is 1.97. The zero-order valence-corrected chi connectivity index (χ0v) is 9.30. The topological polar surface area (TPSA) is 74.8 Å². The Hall–Kier alpha value is -1.95. The molecule has 0 saturated heterocycles. The molecule has 0 unspecified atom stereocenters. The smallest absolute Gasteiger partial charge is 0.307 e. The van der Waals surface area contributed by atoms with Crippen LogP contribution in [0.25, 0.3) is 0 Å². The molecule has 0 spiro atoms. The normalized spacial score (nSPS) is 10.1. The number of H-pyrrole nitrogens is 1. The summed E-state index contributed by atoms with van der Waals surface area (Å²) in [6.45, 7) is 1.92. The van der Waals surface area contributed by atoms with Crippen molar-refractivity contribution in [3.63, 3.8) is 0 Å². The summed E-state index contributed by atoms with van der Waals surface area (Å²) in [6, 6.07) is 3.32. The number of hydrogen-bond donors (Lipinski definition) is 2. The van der Waals surface area contributed by atoms with Crippen molar-refractivity contribution in [2.45, 2.75) is 6.92 Å². The molecule has 0 atom stereocenters. The van der Waals surface area contributed by atoms with Crippen LogP contribution in [-0.2, 0) is 0 Å². The number of nitrogens with zero attached hydrogens (tertiary/aromatic N) is 1. The van der Waals surface area contributed by atoms with Gasteiger partial charge in [0.2, 0.25) is 0 Å². The van der Waals surface area contributed by atoms with E-state index in [1.807, 2.05) is 12.3 Å². The van der Waals surface area contributed by atoms with Crippen LogP contribution in [0.3, 0.4) is 0 Å². The third-order valence-corrected chi connectivity index (χ3v) is 2.92. The van der Waals surface area contributed by atoms with Gasteiger partial charge in [-0.05, 0) is 30.0 Å². The molecule has 0 aliphatic heterocycles. The van der Waals surface area contributed by atoms with Crippen molar-refractivity contribution in [1.29, 1.82) is 0 Å². The van der Waals surface area contributed by atoms with Gasteiger partial charge in [0.25, 0.3) is 5.91 Å². The van der Waals surface area contributed by atoms with Crippen LogP contribution in [-0.4, -0.2) is 15.9 Å². The highest BCUT2D eigenvalue weighted by atomic mass is 32.1. The average Bonchev–Trinajstić information content (AvgIpc) is 2.65. The van der Waals surface area contributed by atoms with E-state index < -0.39 is 5.69 Å².